The van der Waals surface area contributed by atoms with E-state index in [0.29, 0.717) is 16.1 Å². The second-order valence-corrected chi connectivity index (χ2v) is 4.63. The lowest BCUT2D eigenvalue weighted by Crippen LogP contribution is -2.04. The molecule has 0 spiro atoms. The molecule has 0 saturated carbocycles. The van der Waals surface area contributed by atoms with Crippen LogP contribution in [0.3, 0.4) is 0 Å². The van der Waals surface area contributed by atoms with Crippen molar-refractivity contribution in [3.8, 4) is 17.2 Å². The summed E-state index contributed by atoms with van der Waals surface area (Å²) in [5.41, 5.74) is 0.924. The van der Waals surface area contributed by atoms with E-state index >= 15 is 0 Å². The van der Waals surface area contributed by atoms with Gasteiger partial charge in [0.2, 0.25) is 0 Å². The van der Waals surface area contributed by atoms with E-state index in [9.17, 15) is 13.2 Å². The molecule has 0 atom stereocenters. The Morgan fingerprint density at radius 1 is 1.10 bits per heavy atom. The van der Waals surface area contributed by atoms with Crippen molar-refractivity contribution in [2.45, 2.75) is 12.6 Å². The molecule has 2 aromatic carbocycles. The van der Waals surface area contributed by atoms with Crippen molar-refractivity contribution in [1.29, 1.82) is 5.26 Å². The van der Waals surface area contributed by atoms with Crippen molar-refractivity contribution in [3.05, 3.63) is 58.6 Å². The predicted octanol–water partition coefficient (Wildman–Crippen LogP) is 5.09. The number of nitrogens with zero attached hydrogens (tertiary/aromatic N) is 1. The van der Waals surface area contributed by atoms with Gasteiger partial charge in [0.05, 0.1) is 18.1 Å². The molecule has 5 heteroatoms. The third kappa shape index (κ3) is 3.12. The van der Waals surface area contributed by atoms with E-state index in [2.05, 4.69) is 0 Å². The molecule has 0 radical (unpaired) electrons. The van der Waals surface area contributed by atoms with E-state index in [-0.39, 0.29) is 6.42 Å². The van der Waals surface area contributed by atoms with Gasteiger partial charge in [0.15, 0.2) is 0 Å². The third-order valence-corrected chi connectivity index (χ3v) is 3.13. The zero-order valence-electron chi connectivity index (χ0n) is 10.2. The lowest BCUT2D eigenvalue weighted by atomic mass is 10.0. The SMILES string of the molecule is N#CCc1ccc(-c2cccc(C(F)(F)F)c2)c(Cl)c1. The maximum absolute atomic E-state index is 12.7. The molecule has 0 aromatic heterocycles. The minimum Gasteiger partial charge on any atom is -0.198 e. The first kappa shape index (κ1) is 14.4. The molecular weight excluding hydrogens is 287 g/mol. The first-order valence-electron chi connectivity index (χ1n) is 5.75. The quantitative estimate of drug-likeness (QED) is 0.757. The Kier molecular flexibility index (Phi) is 4.01. The van der Waals surface area contributed by atoms with Crippen LogP contribution in [0.4, 0.5) is 13.2 Å². The van der Waals surface area contributed by atoms with Gasteiger partial charge in [-0.15, -0.1) is 0 Å². The number of rotatable bonds is 2. The molecule has 0 aliphatic rings. The number of alkyl halides is 3. The van der Waals surface area contributed by atoms with Gasteiger partial charge in [-0.05, 0) is 29.3 Å². The van der Waals surface area contributed by atoms with E-state index in [1.807, 2.05) is 6.07 Å². The van der Waals surface area contributed by atoms with Gasteiger partial charge < -0.3 is 0 Å². The first-order chi connectivity index (χ1) is 9.41. The topological polar surface area (TPSA) is 23.8 Å². The molecule has 0 heterocycles. The van der Waals surface area contributed by atoms with Crippen molar-refractivity contribution in [1.82, 2.24) is 0 Å². The fourth-order valence-corrected chi connectivity index (χ4v) is 2.17. The number of hydrogen-bond acceptors (Lipinski definition) is 1. The highest BCUT2D eigenvalue weighted by molar-refractivity contribution is 6.33. The van der Waals surface area contributed by atoms with Crippen LogP contribution < -0.4 is 0 Å². The Morgan fingerprint density at radius 2 is 1.85 bits per heavy atom. The molecule has 0 fully saturated rings. The lowest BCUT2D eigenvalue weighted by molar-refractivity contribution is -0.137. The third-order valence-electron chi connectivity index (χ3n) is 2.82. The van der Waals surface area contributed by atoms with Crippen LogP contribution in [0, 0.1) is 11.3 Å². The highest BCUT2D eigenvalue weighted by atomic mass is 35.5. The van der Waals surface area contributed by atoms with Gasteiger partial charge in [0.25, 0.3) is 0 Å². The summed E-state index contributed by atoms with van der Waals surface area (Å²) in [6, 6.07) is 11.9. The smallest absolute Gasteiger partial charge is 0.198 e. The van der Waals surface area contributed by atoms with Crippen LogP contribution >= 0.6 is 11.6 Å². The summed E-state index contributed by atoms with van der Waals surface area (Å²) in [6.45, 7) is 0. The maximum Gasteiger partial charge on any atom is 0.416 e. The van der Waals surface area contributed by atoms with Gasteiger partial charge >= 0.3 is 6.18 Å². The van der Waals surface area contributed by atoms with Crippen LogP contribution in [0.25, 0.3) is 11.1 Å². The maximum atomic E-state index is 12.7. The van der Waals surface area contributed by atoms with Gasteiger partial charge in [-0.2, -0.15) is 18.4 Å². The zero-order valence-corrected chi connectivity index (χ0v) is 11.0. The van der Waals surface area contributed by atoms with Gasteiger partial charge in [-0.25, -0.2) is 0 Å². The summed E-state index contributed by atoms with van der Waals surface area (Å²) in [6.07, 6.45) is -4.17. The molecule has 0 bridgehead atoms. The second kappa shape index (κ2) is 5.56. The number of benzene rings is 2. The van der Waals surface area contributed by atoms with E-state index < -0.39 is 11.7 Å². The summed E-state index contributed by atoms with van der Waals surface area (Å²) in [5, 5.41) is 8.94. The summed E-state index contributed by atoms with van der Waals surface area (Å²) in [5.74, 6) is 0. The molecule has 0 aliphatic heterocycles. The Morgan fingerprint density at radius 3 is 2.45 bits per heavy atom. The van der Waals surface area contributed by atoms with Crippen LogP contribution in [-0.2, 0) is 12.6 Å². The summed E-state index contributed by atoms with van der Waals surface area (Å²) >= 11 is 6.08. The molecular formula is C15H9ClF3N. The van der Waals surface area contributed by atoms with Gasteiger partial charge in [-0.3, -0.25) is 0 Å². The van der Waals surface area contributed by atoms with Crippen molar-refractivity contribution in [2.75, 3.05) is 0 Å². The van der Waals surface area contributed by atoms with Crippen LogP contribution in [-0.4, -0.2) is 0 Å². The van der Waals surface area contributed by atoms with Crippen molar-refractivity contribution < 1.29 is 13.2 Å². The Balaban J connectivity index is 2.45. The second-order valence-electron chi connectivity index (χ2n) is 4.23. The minimum absolute atomic E-state index is 0.211. The fraction of sp³-hybridized carbons (Fsp3) is 0.133. The monoisotopic (exact) mass is 295 g/mol. The molecule has 20 heavy (non-hydrogen) atoms. The van der Waals surface area contributed by atoms with Crippen LogP contribution in [0.15, 0.2) is 42.5 Å². The highest BCUT2D eigenvalue weighted by Gasteiger charge is 2.30. The van der Waals surface area contributed by atoms with E-state index in [1.54, 1.807) is 24.3 Å². The van der Waals surface area contributed by atoms with Crippen molar-refractivity contribution in [3.63, 3.8) is 0 Å². The van der Waals surface area contributed by atoms with Crippen molar-refractivity contribution in [2.24, 2.45) is 0 Å². The van der Waals surface area contributed by atoms with Crippen LogP contribution in [0.1, 0.15) is 11.1 Å². The molecule has 0 saturated heterocycles. The highest BCUT2D eigenvalue weighted by Crippen LogP contribution is 2.34. The minimum atomic E-state index is -4.39. The van der Waals surface area contributed by atoms with Gasteiger partial charge in [-0.1, -0.05) is 35.9 Å². The molecule has 102 valence electrons. The summed E-state index contributed by atoms with van der Waals surface area (Å²) in [7, 11) is 0. The lowest BCUT2D eigenvalue weighted by Gasteiger charge is -2.10. The predicted molar refractivity (Wildman–Crippen MR) is 71.2 cm³/mol. The van der Waals surface area contributed by atoms with Gasteiger partial charge in [0, 0.05) is 10.6 Å². The van der Waals surface area contributed by atoms with E-state index in [4.69, 9.17) is 16.9 Å². The average molecular weight is 296 g/mol. The molecule has 0 N–H and O–H groups in total. The molecule has 1 nitrogen and oxygen atoms in total. The van der Waals surface area contributed by atoms with Crippen LogP contribution in [0.5, 0.6) is 0 Å². The average Bonchev–Trinajstić information content (AvgIpc) is 2.38. The fourth-order valence-electron chi connectivity index (χ4n) is 1.86. The summed E-state index contributed by atoms with van der Waals surface area (Å²) in [4.78, 5) is 0. The van der Waals surface area contributed by atoms with E-state index in [0.717, 1.165) is 17.7 Å². The number of nitriles is 1. The Bertz CT molecular complexity index is 672. The number of halogens is 4. The van der Waals surface area contributed by atoms with Crippen LogP contribution in [0.2, 0.25) is 5.02 Å². The molecule has 2 rings (SSSR count). The molecule has 0 unspecified atom stereocenters. The van der Waals surface area contributed by atoms with E-state index in [1.165, 1.54) is 6.07 Å². The molecule has 0 amide bonds. The summed E-state index contributed by atoms with van der Waals surface area (Å²) < 4.78 is 38.0. The molecule has 0 aliphatic carbocycles. The first-order valence-corrected chi connectivity index (χ1v) is 6.12. The van der Waals surface area contributed by atoms with Crippen molar-refractivity contribution >= 4 is 11.6 Å². The molecule has 2 aromatic rings. The standard InChI is InChI=1S/C15H9ClF3N/c16-14-8-10(6-7-20)4-5-13(14)11-2-1-3-12(9-11)15(17,18)19/h1-5,8-9H,6H2. The largest absolute Gasteiger partial charge is 0.416 e. The Labute approximate surface area is 119 Å². The van der Waals surface area contributed by atoms with Gasteiger partial charge in [0.1, 0.15) is 0 Å². The zero-order chi connectivity index (χ0) is 14.8. The number of hydrogen-bond donors (Lipinski definition) is 0. The normalized spacial score (nSPS) is 11.2. The Hall–Kier alpha value is -1.99.